The molecule has 0 aromatic rings. The zero-order valence-electron chi connectivity index (χ0n) is 18.5. The van der Waals surface area contributed by atoms with Crippen LogP contribution in [0, 0.1) is 5.92 Å². The van der Waals surface area contributed by atoms with Crippen LogP contribution in [-0.2, 0) is 14.4 Å². The first-order valence-corrected chi connectivity index (χ1v) is 10.9. The van der Waals surface area contributed by atoms with Crippen molar-refractivity contribution in [2.24, 2.45) is 5.92 Å². The van der Waals surface area contributed by atoms with Crippen molar-refractivity contribution in [1.29, 1.82) is 0 Å². The topological polar surface area (TPSA) is 112 Å². The summed E-state index contributed by atoms with van der Waals surface area (Å²) >= 11 is 0. The quantitative estimate of drug-likeness (QED) is 0.273. The Morgan fingerprint density at radius 1 is 0.679 bits per heavy atom. The molecule has 28 heavy (non-hydrogen) atoms. The molecule has 0 spiro atoms. The largest absolute Gasteiger partial charge is 0.481 e. The summed E-state index contributed by atoms with van der Waals surface area (Å²) in [6, 6.07) is 0. The monoisotopic (exact) mass is 404 g/mol. The molecular formula is C22H44O6. The molecule has 0 aliphatic carbocycles. The van der Waals surface area contributed by atoms with Crippen molar-refractivity contribution in [3.63, 3.8) is 0 Å². The zero-order valence-corrected chi connectivity index (χ0v) is 18.5. The lowest BCUT2D eigenvalue weighted by Crippen LogP contribution is -2.11. The molecule has 6 nitrogen and oxygen atoms in total. The highest BCUT2D eigenvalue weighted by molar-refractivity contribution is 5.69. The SMILES string of the molecule is CC(=O)O.CCCCC(CC)C(=O)O.CCCCCCCCCCCC(=O)O. The highest BCUT2D eigenvalue weighted by atomic mass is 16.4. The van der Waals surface area contributed by atoms with E-state index < -0.39 is 17.9 Å². The van der Waals surface area contributed by atoms with Crippen molar-refractivity contribution >= 4 is 17.9 Å². The van der Waals surface area contributed by atoms with Crippen LogP contribution in [0.25, 0.3) is 0 Å². The summed E-state index contributed by atoms with van der Waals surface area (Å²) in [6.45, 7) is 7.31. The maximum atomic E-state index is 10.4. The van der Waals surface area contributed by atoms with E-state index >= 15 is 0 Å². The fourth-order valence-corrected chi connectivity index (χ4v) is 2.54. The van der Waals surface area contributed by atoms with E-state index in [0.717, 1.165) is 45.4 Å². The molecule has 0 aromatic carbocycles. The van der Waals surface area contributed by atoms with E-state index in [1.54, 1.807) is 0 Å². The Morgan fingerprint density at radius 3 is 1.39 bits per heavy atom. The zero-order chi connectivity index (χ0) is 22.2. The number of carboxylic acid groups (broad SMARTS) is 3. The minimum absolute atomic E-state index is 0.111. The van der Waals surface area contributed by atoms with Crippen LogP contribution in [0.1, 0.15) is 118 Å². The molecule has 1 atom stereocenters. The number of rotatable bonds is 15. The van der Waals surface area contributed by atoms with Crippen LogP contribution in [0.3, 0.4) is 0 Å². The lowest BCUT2D eigenvalue weighted by Gasteiger charge is -2.06. The average molecular weight is 405 g/mol. The smallest absolute Gasteiger partial charge is 0.306 e. The van der Waals surface area contributed by atoms with E-state index in [-0.39, 0.29) is 5.92 Å². The fraction of sp³-hybridized carbons (Fsp3) is 0.864. The average Bonchev–Trinajstić information content (AvgIpc) is 2.60. The van der Waals surface area contributed by atoms with Gasteiger partial charge in [0, 0.05) is 13.3 Å². The van der Waals surface area contributed by atoms with Crippen molar-refractivity contribution in [2.75, 3.05) is 0 Å². The third kappa shape index (κ3) is 35.5. The van der Waals surface area contributed by atoms with Crippen molar-refractivity contribution in [3.8, 4) is 0 Å². The number of hydrogen-bond acceptors (Lipinski definition) is 3. The van der Waals surface area contributed by atoms with Crippen LogP contribution >= 0.6 is 0 Å². The second kappa shape index (κ2) is 25.4. The molecule has 0 fully saturated rings. The number of carboxylic acids is 3. The molecule has 0 heterocycles. The van der Waals surface area contributed by atoms with Gasteiger partial charge in [-0.2, -0.15) is 0 Å². The summed E-state index contributed by atoms with van der Waals surface area (Å²) in [5, 5.41) is 24.4. The maximum Gasteiger partial charge on any atom is 0.306 e. The lowest BCUT2D eigenvalue weighted by molar-refractivity contribution is -0.142. The molecule has 6 heteroatoms. The van der Waals surface area contributed by atoms with Gasteiger partial charge in [-0.15, -0.1) is 0 Å². The van der Waals surface area contributed by atoms with E-state index in [1.807, 2.05) is 6.92 Å². The summed E-state index contributed by atoms with van der Waals surface area (Å²) < 4.78 is 0. The number of aliphatic carboxylic acids is 3. The number of unbranched alkanes of at least 4 members (excludes halogenated alkanes) is 9. The van der Waals surface area contributed by atoms with Crippen LogP contribution in [0.4, 0.5) is 0 Å². The summed E-state index contributed by atoms with van der Waals surface area (Å²) in [5.74, 6) is -2.25. The van der Waals surface area contributed by atoms with E-state index in [0.29, 0.717) is 6.42 Å². The minimum Gasteiger partial charge on any atom is -0.481 e. The molecule has 168 valence electrons. The molecule has 0 aliphatic heterocycles. The van der Waals surface area contributed by atoms with Crippen molar-refractivity contribution in [3.05, 3.63) is 0 Å². The second-order valence-corrected chi connectivity index (χ2v) is 7.08. The first-order valence-electron chi connectivity index (χ1n) is 10.9. The van der Waals surface area contributed by atoms with Crippen LogP contribution in [0.2, 0.25) is 0 Å². The van der Waals surface area contributed by atoms with Crippen molar-refractivity contribution in [1.82, 2.24) is 0 Å². The molecule has 0 aliphatic rings. The Balaban J connectivity index is -0.000000388. The predicted octanol–water partition coefficient (Wildman–Crippen LogP) is 6.37. The van der Waals surface area contributed by atoms with Gasteiger partial charge in [-0.3, -0.25) is 14.4 Å². The van der Waals surface area contributed by atoms with Gasteiger partial charge in [-0.1, -0.05) is 85.0 Å². The molecule has 0 radical (unpaired) electrons. The summed E-state index contributed by atoms with van der Waals surface area (Å²) in [4.78, 5) is 29.6. The Kier molecular flexibility index (Phi) is 28.2. The molecule has 0 bridgehead atoms. The molecule has 0 amide bonds. The summed E-state index contributed by atoms with van der Waals surface area (Å²) in [5.41, 5.74) is 0. The highest BCUT2D eigenvalue weighted by Gasteiger charge is 2.12. The van der Waals surface area contributed by atoms with Gasteiger partial charge in [-0.05, 0) is 19.3 Å². The van der Waals surface area contributed by atoms with E-state index in [4.69, 9.17) is 20.1 Å². The first-order chi connectivity index (χ1) is 13.2. The van der Waals surface area contributed by atoms with E-state index in [2.05, 4.69) is 13.8 Å². The van der Waals surface area contributed by atoms with Crippen LogP contribution in [0.5, 0.6) is 0 Å². The van der Waals surface area contributed by atoms with Gasteiger partial charge in [-0.25, -0.2) is 0 Å². The second-order valence-electron chi connectivity index (χ2n) is 7.08. The molecule has 0 saturated carbocycles. The Bertz CT molecular complexity index is 364. The summed E-state index contributed by atoms with van der Waals surface area (Å²) in [7, 11) is 0. The Morgan fingerprint density at radius 2 is 1.07 bits per heavy atom. The van der Waals surface area contributed by atoms with Crippen LogP contribution in [-0.4, -0.2) is 33.2 Å². The Labute approximate surface area is 171 Å². The van der Waals surface area contributed by atoms with E-state index in [1.165, 1.54) is 44.9 Å². The third-order valence-electron chi connectivity index (χ3n) is 4.24. The number of hydrogen-bond donors (Lipinski definition) is 3. The van der Waals surface area contributed by atoms with Gasteiger partial charge in [0.25, 0.3) is 5.97 Å². The molecule has 0 saturated heterocycles. The van der Waals surface area contributed by atoms with Gasteiger partial charge < -0.3 is 15.3 Å². The van der Waals surface area contributed by atoms with Gasteiger partial charge >= 0.3 is 11.9 Å². The normalized spacial score (nSPS) is 10.7. The van der Waals surface area contributed by atoms with Crippen molar-refractivity contribution < 1.29 is 29.7 Å². The molecule has 0 aromatic heterocycles. The molecule has 3 N–H and O–H groups in total. The minimum atomic E-state index is -0.833. The van der Waals surface area contributed by atoms with Crippen LogP contribution in [0.15, 0.2) is 0 Å². The van der Waals surface area contributed by atoms with E-state index in [9.17, 15) is 9.59 Å². The van der Waals surface area contributed by atoms with Gasteiger partial charge in [0.1, 0.15) is 0 Å². The molecular weight excluding hydrogens is 360 g/mol. The van der Waals surface area contributed by atoms with Crippen LogP contribution < -0.4 is 0 Å². The Hall–Kier alpha value is -1.59. The van der Waals surface area contributed by atoms with Gasteiger partial charge in [0.05, 0.1) is 5.92 Å². The summed E-state index contributed by atoms with van der Waals surface area (Å²) in [6.07, 6.45) is 15.2. The number of carbonyl (C=O) groups is 3. The van der Waals surface area contributed by atoms with Crippen molar-refractivity contribution in [2.45, 2.75) is 118 Å². The maximum absolute atomic E-state index is 10.4. The molecule has 1 unspecified atom stereocenters. The standard InChI is InChI=1S/C12H24O2.C8H16O2.C2H4O2/c1-2-3-4-5-6-7-8-9-10-11-12(13)14;1-3-5-6-7(4-2)8(9)10;1-2(3)4/h2-11H2,1H3,(H,13,14);7H,3-6H2,1-2H3,(H,9,10);1H3,(H,3,4). The highest BCUT2D eigenvalue weighted by Crippen LogP contribution is 2.12. The first kappa shape index (κ1) is 31.1. The third-order valence-corrected chi connectivity index (χ3v) is 4.24. The fourth-order valence-electron chi connectivity index (χ4n) is 2.54. The predicted molar refractivity (Wildman–Crippen MR) is 114 cm³/mol. The lowest BCUT2D eigenvalue weighted by atomic mass is 10.00. The van der Waals surface area contributed by atoms with Gasteiger partial charge in [0.2, 0.25) is 0 Å². The van der Waals surface area contributed by atoms with Gasteiger partial charge in [0.15, 0.2) is 0 Å². The molecule has 0 rings (SSSR count).